The molecule has 1 aromatic carbocycles. The first-order valence-electron chi connectivity index (χ1n) is 14.9. The van der Waals surface area contributed by atoms with Crippen molar-refractivity contribution in [2.45, 2.75) is 129 Å². The smallest absolute Gasteiger partial charge is 0.166 e. The van der Waals surface area contributed by atoms with Crippen molar-refractivity contribution < 1.29 is 8.78 Å². The Morgan fingerprint density at radius 3 is 2.23 bits per heavy atom. The van der Waals surface area contributed by atoms with Crippen LogP contribution in [0.5, 0.6) is 0 Å². The molecule has 0 aliphatic heterocycles. The number of allylic oxidation sites excluding steroid dienone is 4. The summed E-state index contributed by atoms with van der Waals surface area (Å²) in [6, 6.07) is 3.64. The Balaban J connectivity index is 1.43. The lowest BCUT2D eigenvalue weighted by Gasteiger charge is -2.26. The van der Waals surface area contributed by atoms with Gasteiger partial charge in [0, 0.05) is 5.56 Å². The van der Waals surface area contributed by atoms with E-state index in [9.17, 15) is 8.78 Å². The summed E-state index contributed by atoms with van der Waals surface area (Å²) in [4.78, 5) is 0. The Hall–Kier alpha value is -1.44. The summed E-state index contributed by atoms with van der Waals surface area (Å²) in [5.41, 5.74) is 2.01. The van der Waals surface area contributed by atoms with Crippen LogP contribution >= 0.6 is 0 Å². The number of benzene rings is 1. The Kier molecular flexibility index (Phi) is 12.6. The standard InChI is InChI=1S/C33H50F2/c1-3-5-7-9-13-28-20-22-29(23-21-28)31-25-24-30(32(34)33(31)35)15-11-10-14-27-18-16-26(17-19-27)12-8-6-4-2/h10,14,22,24-28H,3-9,11-13,15-21,23H2,1-2H3/b14-10+. The molecule has 35 heavy (non-hydrogen) atoms. The van der Waals surface area contributed by atoms with Gasteiger partial charge >= 0.3 is 0 Å². The highest BCUT2D eigenvalue weighted by Gasteiger charge is 2.21. The van der Waals surface area contributed by atoms with Crippen LogP contribution in [0.4, 0.5) is 8.78 Å². The van der Waals surface area contributed by atoms with Crippen molar-refractivity contribution in [1.82, 2.24) is 0 Å². The molecule has 0 spiro atoms. The van der Waals surface area contributed by atoms with Crippen LogP contribution in [-0.2, 0) is 6.42 Å². The van der Waals surface area contributed by atoms with Gasteiger partial charge in [-0.3, -0.25) is 0 Å². The van der Waals surface area contributed by atoms with Gasteiger partial charge in [-0.1, -0.05) is 102 Å². The Bertz CT molecular complexity index is 798. The Morgan fingerprint density at radius 2 is 1.51 bits per heavy atom. The quantitative estimate of drug-likeness (QED) is 0.182. The van der Waals surface area contributed by atoms with Gasteiger partial charge < -0.3 is 0 Å². The molecule has 3 rings (SSSR count). The lowest BCUT2D eigenvalue weighted by molar-refractivity contribution is 0.289. The molecule has 0 radical (unpaired) electrons. The topological polar surface area (TPSA) is 0 Å². The number of aryl methyl sites for hydroxylation is 1. The van der Waals surface area contributed by atoms with Crippen LogP contribution in [0.25, 0.3) is 5.57 Å². The van der Waals surface area contributed by atoms with E-state index in [1.165, 1.54) is 83.5 Å². The Labute approximate surface area is 214 Å². The van der Waals surface area contributed by atoms with Gasteiger partial charge in [0.15, 0.2) is 11.6 Å². The van der Waals surface area contributed by atoms with E-state index in [-0.39, 0.29) is 0 Å². The molecule has 0 aromatic heterocycles. The fraction of sp³-hybridized carbons (Fsp3) is 0.697. The summed E-state index contributed by atoms with van der Waals surface area (Å²) >= 11 is 0. The van der Waals surface area contributed by atoms with Gasteiger partial charge in [-0.05, 0) is 86.7 Å². The summed E-state index contributed by atoms with van der Waals surface area (Å²) in [5, 5.41) is 0. The van der Waals surface area contributed by atoms with E-state index in [1.54, 1.807) is 0 Å². The molecule has 0 N–H and O–H groups in total. The van der Waals surface area contributed by atoms with Crippen molar-refractivity contribution in [3.63, 3.8) is 0 Å². The van der Waals surface area contributed by atoms with Gasteiger partial charge in [0.05, 0.1) is 0 Å². The van der Waals surface area contributed by atoms with Crippen LogP contribution in [0, 0.1) is 29.4 Å². The fourth-order valence-corrected chi connectivity index (χ4v) is 6.17. The highest BCUT2D eigenvalue weighted by atomic mass is 19.2. The average molecular weight is 485 g/mol. The second-order valence-corrected chi connectivity index (χ2v) is 11.4. The third-order valence-corrected chi connectivity index (χ3v) is 8.59. The van der Waals surface area contributed by atoms with Crippen LogP contribution in [0.3, 0.4) is 0 Å². The van der Waals surface area contributed by atoms with Crippen molar-refractivity contribution in [3.05, 3.63) is 53.1 Å². The minimum Gasteiger partial charge on any atom is -0.203 e. The Morgan fingerprint density at radius 1 is 0.800 bits per heavy atom. The predicted molar refractivity (Wildman–Crippen MR) is 147 cm³/mol. The lowest BCUT2D eigenvalue weighted by Crippen LogP contribution is -2.13. The van der Waals surface area contributed by atoms with Crippen molar-refractivity contribution in [3.8, 4) is 0 Å². The van der Waals surface area contributed by atoms with E-state index in [1.807, 2.05) is 12.1 Å². The predicted octanol–water partition coefficient (Wildman–Crippen LogP) is 11.0. The molecule has 1 fully saturated rings. The zero-order chi connectivity index (χ0) is 24.9. The van der Waals surface area contributed by atoms with E-state index >= 15 is 0 Å². The number of rotatable bonds is 14. The van der Waals surface area contributed by atoms with Gasteiger partial charge in [-0.25, -0.2) is 8.78 Å². The van der Waals surface area contributed by atoms with Gasteiger partial charge in [-0.15, -0.1) is 0 Å². The van der Waals surface area contributed by atoms with Gasteiger partial charge in [0.1, 0.15) is 0 Å². The maximum Gasteiger partial charge on any atom is 0.166 e. The molecule has 0 heterocycles. The summed E-state index contributed by atoms with van der Waals surface area (Å²) in [6.07, 6.45) is 28.3. The van der Waals surface area contributed by atoms with E-state index in [4.69, 9.17) is 0 Å². The minimum atomic E-state index is -0.638. The monoisotopic (exact) mass is 484 g/mol. The molecule has 0 bridgehead atoms. The molecular weight excluding hydrogens is 434 g/mol. The molecule has 1 atom stereocenters. The van der Waals surface area contributed by atoms with Gasteiger partial charge in [-0.2, -0.15) is 0 Å². The first-order valence-corrected chi connectivity index (χ1v) is 14.9. The first kappa shape index (κ1) is 28.1. The van der Waals surface area contributed by atoms with Crippen molar-refractivity contribution in [1.29, 1.82) is 0 Å². The summed E-state index contributed by atoms with van der Waals surface area (Å²) < 4.78 is 29.8. The molecule has 1 saturated carbocycles. The molecule has 0 amide bonds. The van der Waals surface area contributed by atoms with Gasteiger partial charge in [0.25, 0.3) is 0 Å². The number of hydrogen-bond donors (Lipinski definition) is 0. The molecule has 196 valence electrons. The van der Waals surface area contributed by atoms with Crippen molar-refractivity contribution in [2.24, 2.45) is 17.8 Å². The van der Waals surface area contributed by atoms with Crippen LogP contribution < -0.4 is 0 Å². The molecule has 2 aliphatic rings. The normalized spacial score (nSPS) is 23.1. The summed E-state index contributed by atoms with van der Waals surface area (Å²) in [7, 11) is 0. The van der Waals surface area contributed by atoms with Crippen LogP contribution in [0.2, 0.25) is 0 Å². The molecular formula is C33H50F2. The van der Waals surface area contributed by atoms with Crippen LogP contribution in [0.1, 0.15) is 134 Å². The second kappa shape index (κ2) is 15.6. The van der Waals surface area contributed by atoms with E-state index < -0.39 is 11.6 Å². The molecule has 2 aliphatic carbocycles. The third-order valence-electron chi connectivity index (χ3n) is 8.59. The summed E-state index contributed by atoms with van der Waals surface area (Å²) in [5.74, 6) is 1.05. The molecule has 1 aromatic rings. The van der Waals surface area contributed by atoms with E-state index in [0.717, 1.165) is 37.2 Å². The maximum absolute atomic E-state index is 14.9. The van der Waals surface area contributed by atoms with E-state index in [0.29, 0.717) is 29.4 Å². The summed E-state index contributed by atoms with van der Waals surface area (Å²) in [6.45, 7) is 4.52. The molecule has 2 heteroatoms. The zero-order valence-corrected chi connectivity index (χ0v) is 22.6. The first-order chi connectivity index (χ1) is 17.1. The SMILES string of the molecule is CCCCCCC1CC=C(c2ccc(CC/C=C/C3CCC(CCCCC)CC3)c(F)c2F)CC1. The fourth-order valence-electron chi connectivity index (χ4n) is 6.17. The largest absolute Gasteiger partial charge is 0.203 e. The maximum atomic E-state index is 14.9. The van der Waals surface area contributed by atoms with E-state index in [2.05, 4.69) is 32.1 Å². The van der Waals surface area contributed by atoms with Crippen molar-refractivity contribution >= 4 is 5.57 Å². The number of hydrogen-bond acceptors (Lipinski definition) is 0. The zero-order valence-electron chi connectivity index (χ0n) is 22.6. The molecule has 0 saturated heterocycles. The number of halogens is 2. The second-order valence-electron chi connectivity index (χ2n) is 11.4. The molecule has 0 nitrogen and oxygen atoms in total. The lowest BCUT2D eigenvalue weighted by atomic mass is 9.79. The minimum absolute atomic E-state index is 0.488. The number of unbranched alkanes of at least 4 members (excludes halogenated alkanes) is 5. The highest BCUT2D eigenvalue weighted by Crippen LogP contribution is 2.35. The highest BCUT2D eigenvalue weighted by molar-refractivity contribution is 5.67. The van der Waals surface area contributed by atoms with Crippen LogP contribution in [-0.4, -0.2) is 0 Å². The van der Waals surface area contributed by atoms with Crippen molar-refractivity contribution in [2.75, 3.05) is 0 Å². The van der Waals surface area contributed by atoms with Crippen LogP contribution in [0.15, 0.2) is 30.4 Å². The molecule has 1 unspecified atom stereocenters. The average Bonchev–Trinajstić information content (AvgIpc) is 2.88. The third kappa shape index (κ3) is 9.18. The van der Waals surface area contributed by atoms with Gasteiger partial charge in [0.2, 0.25) is 0 Å².